The molecular formula is C16H15N5O2. The molecule has 7 nitrogen and oxygen atoms in total. The van der Waals surface area contributed by atoms with Crippen LogP contribution in [0.1, 0.15) is 12.0 Å². The van der Waals surface area contributed by atoms with Crippen molar-refractivity contribution in [3.8, 4) is 6.07 Å². The summed E-state index contributed by atoms with van der Waals surface area (Å²) < 4.78 is 0. The third-order valence-electron chi connectivity index (χ3n) is 2.85. The molecule has 2 aromatic rings. The number of rotatable bonds is 5. The zero-order valence-electron chi connectivity index (χ0n) is 12.2. The van der Waals surface area contributed by atoms with Crippen LogP contribution in [0.2, 0.25) is 0 Å². The number of hydrogen-bond donors (Lipinski definition) is 3. The lowest BCUT2D eigenvalue weighted by molar-refractivity contribution is -0.116. The van der Waals surface area contributed by atoms with Crippen molar-refractivity contribution in [2.45, 2.75) is 6.42 Å². The van der Waals surface area contributed by atoms with Crippen LogP contribution in [0.25, 0.3) is 0 Å². The van der Waals surface area contributed by atoms with Crippen molar-refractivity contribution in [3.63, 3.8) is 0 Å². The van der Waals surface area contributed by atoms with Gasteiger partial charge in [0.15, 0.2) is 0 Å². The molecule has 0 aliphatic heterocycles. The molecule has 116 valence electrons. The number of nitrogens with zero attached hydrogens (tertiary/aromatic N) is 2. The molecule has 3 N–H and O–H groups in total. The first kappa shape index (κ1) is 16.0. The molecule has 23 heavy (non-hydrogen) atoms. The van der Waals surface area contributed by atoms with Crippen LogP contribution in [0, 0.1) is 11.3 Å². The number of carbonyl (C=O) groups is 2. The van der Waals surface area contributed by atoms with E-state index in [1.54, 1.807) is 48.8 Å². The molecule has 0 aliphatic rings. The van der Waals surface area contributed by atoms with Gasteiger partial charge >= 0.3 is 6.03 Å². The molecule has 0 unspecified atom stereocenters. The highest BCUT2D eigenvalue weighted by molar-refractivity contribution is 5.92. The van der Waals surface area contributed by atoms with E-state index in [0.717, 1.165) is 0 Å². The first-order valence-corrected chi connectivity index (χ1v) is 6.92. The van der Waals surface area contributed by atoms with Gasteiger partial charge in [-0.15, -0.1) is 0 Å². The highest BCUT2D eigenvalue weighted by atomic mass is 16.2. The molecule has 1 heterocycles. The van der Waals surface area contributed by atoms with Gasteiger partial charge in [-0.3, -0.25) is 9.78 Å². The van der Waals surface area contributed by atoms with E-state index in [4.69, 9.17) is 5.26 Å². The largest absolute Gasteiger partial charge is 0.337 e. The van der Waals surface area contributed by atoms with E-state index in [9.17, 15) is 9.59 Å². The number of amides is 3. The Balaban J connectivity index is 1.72. The second-order valence-corrected chi connectivity index (χ2v) is 4.61. The average Bonchev–Trinajstić information content (AvgIpc) is 2.56. The molecular weight excluding hydrogens is 294 g/mol. The Morgan fingerprint density at radius 2 is 1.87 bits per heavy atom. The maximum atomic E-state index is 11.7. The predicted octanol–water partition coefficient (Wildman–Crippen LogP) is 2.10. The number of nitriles is 1. The topological polar surface area (TPSA) is 107 Å². The van der Waals surface area contributed by atoms with Crippen LogP contribution in [0.4, 0.5) is 16.2 Å². The van der Waals surface area contributed by atoms with E-state index in [0.29, 0.717) is 16.9 Å². The van der Waals surface area contributed by atoms with Gasteiger partial charge in [-0.2, -0.15) is 5.26 Å². The smallest absolute Gasteiger partial charge is 0.319 e. The van der Waals surface area contributed by atoms with Crippen molar-refractivity contribution in [1.82, 2.24) is 10.3 Å². The molecule has 7 heteroatoms. The number of hydrogen-bond acceptors (Lipinski definition) is 4. The Bertz CT molecular complexity index is 725. The van der Waals surface area contributed by atoms with E-state index in [-0.39, 0.29) is 18.9 Å². The van der Waals surface area contributed by atoms with Gasteiger partial charge in [-0.1, -0.05) is 6.07 Å². The minimum atomic E-state index is -0.434. The number of aromatic nitrogens is 1. The van der Waals surface area contributed by atoms with Gasteiger partial charge in [0.2, 0.25) is 5.91 Å². The fourth-order valence-corrected chi connectivity index (χ4v) is 1.79. The quantitative estimate of drug-likeness (QED) is 0.786. The fourth-order valence-electron chi connectivity index (χ4n) is 1.79. The SMILES string of the molecule is N#Cc1cccc(NC(=O)NCCC(=O)Nc2ccncc2)c1. The maximum absolute atomic E-state index is 11.7. The van der Waals surface area contributed by atoms with Crippen molar-refractivity contribution in [2.24, 2.45) is 0 Å². The molecule has 0 saturated carbocycles. The van der Waals surface area contributed by atoms with Gasteiger partial charge < -0.3 is 16.0 Å². The number of carbonyl (C=O) groups excluding carboxylic acids is 2. The Labute approximate surface area is 133 Å². The average molecular weight is 309 g/mol. The number of nitrogens with one attached hydrogen (secondary N) is 3. The summed E-state index contributed by atoms with van der Waals surface area (Å²) in [7, 11) is 0. The van der Waals surface area contributed by atoms with Gasteiger partial charge in [-0.25, -0.2) is 4.79 Å². The highest BCUT2D eigenvalue weighted by Gasteiger charge is 2.05. The van der Waals surface area contributed by atoms with Crippen LogP contribution in [0.15, 0.2) is 48.8 Å². The maximum Gasteiger partial charge on any atom is 0.319 e. The lowest BCUT2D eigenvalue weighted by atomic mass is 10.2. The summed E-state index contributed by atoms with van der Waals surface area (Å²) in [6.45, 7) is 0.195. The molecule has 0 fully saturated rings. The Kier molecular flexibility index (Phi) is 5.66. The van der Waals surface area contributed by atoms with Crippen LogP contribution < -0.4 is 16.0 Å². The van der Waals surface area contributed by atoms with Gasteiger partial charge in [0.1, 0.15) is 0 Å². The monoisotopic (exact) mass is 309 g/mol. The molecule has 0 atom stereocenters. The van der Waals surface area contributed by atoms with E-state index in [2.05, 4.69) is 20.9 Å². The zero-order chi connectivity index (χ0) is 16.5. The minimum absolute atomic E-state index is 0.147. The third kappa shape index (κ3) is 5.47. The first-order chi connectivity index (χ1) is 11.2. The molecule has 0 bridgehead atoms. The van der Waals surface area contributed by atoms with Crippen LogP contribution in [0.5, 0.6) is 0 Å². The number of benzene rings is 1. The second-order valence-electron chi connectivity index (χ2n) is 4.61. The molecule has 1 aromatic carbocycles. The second kappa shape index (κ2) is 8.14. The summed E-state index contributed by atoms with van der Waals surface area (Å²) in [6, 6.07) is 11.5. The van der Waals surface area contributed by atoms with E-state index < -0.39 is 6.03 Å². The Morgan fingerprint density at radius 3 is 2.61 bits per heavy atom. The first-order valence-electron chi connectivity index (χ1n) is 6.92. The molecule has 0 aliphatic carbocycles. The van der Waals surface area contributed by atoms with Gasteiger partial charge in [0, 0.05) is 36.7 Å². The van der Waals surface area contributed by atoms with Crippen molar-refractivity contribution in [2.75, 3.05) is 17.2 Å². The van der Waals surface area contributed by atoms with E-state index >= 15 is 0 Å². The third-order valence-corrected chi connectivity index (χ3v) is 2.85. The van der Waals surface area contributed by atoms with E-state index in [1.807, 2.05) is 6.07 Å². The predicted molar refractivity (Wildman–Crippen MR) is 85.7 cm³/mol. The Hall–Kier alpha value is -3.40. The van der Waals surface area contributed by atoms with Crippen molar-refractivity contribution in [3.05, 3.63) is 54.4 Å². The number of urea groups is 1. The highest BCUT2D eigenvalue weighted by Crippen LogP contribution is 2.09. The Morgan fingerprint density at radius 1 is 1.09 bits per heavy atom. The van der Waals surface area contributed by atoms with Crippen LogP contribution in [0.3, 0.4) is 0 Å². The molecule has 0 radical (unpaired) electrons. The molecule has 0 spiro atoms. The normalized spacial score (nSPS) is 9.52. The minimum Gasteiger partial charge on any atom is -0.337 e. The number of anilines is 2. The van der Waals surface area contributed by atoms with Crippen molar-refractivity contribution in [1.29, 1.82) is 5.26 Å². The molecule has 2 rings (SSSR count). The van der Waals surface area contributed by atoms with Crippen LogP contribution >= 0.6 is 0 Å². The lowest BCUT2D eigenvalue weighted by Crippen LogP contribution is -2.31. The van der Waals surface area contributed by atoms with Gasteiger partial charge in [-0.05, 0) is 30.3 Å². The molecule has 3 amide bonds. The van der Waals surface area contributed by atoms with Crippen LogP contribution in [-0.4, -0.2) is 23.5 Å². The summed E-state index contributed by atoms with van der Waals surface area (Å²) >= 11 is 0. The zero-order valence-corrected chi connectivity index (χ0v) is 12.2. The summed E-state index contributed by atoms with van der Waals surface area (Å²) in [5.74, 6) is -0.206. The number of pyridine rings is 1. The standard InChI is InChI=1S/C16H15N5O2/c17-11-12-2-1-3-14(10-12)21-16(23)19-9-6-15(22)20-13-4-7-18-8-5-13/h1-5,7-8,10H,6,9H2,(H,18,20,22)(H2,19,21,23). The van der Waals surface area contributed by atoms with Gasteiger partial charge in [0.05, 0.1) is 11.6 Å². The van der Waals surface area contributed by atoms with Crippen molar-refractivity contribution < 1.29 is 9.59 Å². The summed E-state index contributed by atoms with van der Waals surface area (Å²) in [5, 5.41) is 16.7. The van der Waals surface area contributed by atoms with E-state index in [1.165, 1.54) is 0 Å². The molecule has 1 aromatic heterocycles. The summed E-state index contributed by atoms with van der Waals surface area (Å²) in [5.41, 5.74) is 1.63. The lowest BCUT2D eigenvalue weighted by Gasteiger charge is -2.08. The van der Waals surface area contributed by atoms with Crippen molar-refractivity contribution >= 4 is 23.3 Å². The van der Waals surface area contributed by atoms with Gasteiger partial charge in [0.25, 0.3) is 0 Å². The van der Waals surface area contributed by atoms with Crippen LogP contribution in [-0.2, 0) is 4.79 Å². The molecule has 0 saturated heterocycles. The summed E-state index contributed by atoms with van der Waals surface area (Å²) in [6.07, 6.45) is 3.31. The summed E-state index contributed by atoms with van der Waals surface area (Å²) in [4.78, 5) is 27.3. The fraction of sp³-hybridized carbons (Fsp3) is 0.125.